The number of anilines is 3. The third kappa shape index (κ3) is 11.8. The van der Waals surface area contributed by atoms with Gasteiger partial charge < -0.3 is 35.4 Å². The Labute approximate surface area is 450 Å². The fourth-order valence-electron chi connectivity index (χ4n) is 9.76. The zero-order valence-electron chi connectivity index (χ0n) is 44.3. The molecular formula is C53H65FN14O7S2. The van der Waals surface area contributed by atoms with E-state index in [2.05, 4.69) is 60.9 Å². The molecule has 24 heteroatoms. The van der Waals surface area contributed by atoms with Gasteiger partial charge in [-0.1, -0.05) is 0 Å². The fraction of sp³-hybridized carbons (Fsp3) is 0.472. The molecule has 7 heterocycles. The molecule has 0 aliphatic carbocycles. The molecule has 3 fully saturated rings. The number of nitrogens with zero attached hydrogens (tertiary/aromatic N) is 10. The summed E-state index contributed by atoms with van der Waals surface area (Å²) in [6.07, 6.45) is 6.81. The number of nitrogens with one attached hydrogen (secondary N) is 4. The fourth-order valence-corrected chi connectivity index (χ4v) is 12.0. The first-order valence-electron chi connectivity index (χ1n) is 25.9. The van der Waals surface area contributed by atoms with Gasteiger partial charge in [0.25, 0.3) is 5.91 Å². The van der Waals surface area contributed by atoms with Crippen LogP contribution >= 0.6 is 11.3 Å². The molecule has 408 valence electrons. The molecule has 0 unspecified atom stereocenters. The lowest BCUT2D eigenvalue weighted by Gasteiger charge is -2.38. The van der Waals surface area contributed by atoms with E-state index in [1.54, 1.807) is 74.4 Å². The SMILES string of the molecule is CN[C@@H](C)C(=O)N[C@H](C(=O)N1CCC[C@H]1c1nc(C(=O)c2ccc(F)cc2)cs1)C1CCN(C(=O)c2cnc(N3CCN(CCOc4cc5ncnc(Nc6n[nH]c(C)c6C)c5cc4S(=O)(=O)C(C)(C)C)CC3)nc2)CC1. The normalized spacial score (nSPS) is 17.6. The molecule has 6 aromatic rings. The third-order valence-corrected chi connectivity index (χ3v) is 18.3. The van der Waals surface area contributed by atoms with E-state index in [0.717, 1.165) is 17.7 Å². The number of aromatic amines is 1. The van der Waals surface area contributed by atoms with Gasteiger partial charge in [0, 0.05) is 98.4 Å². The number of benzene rings is 2. The number of halogens is 1. The number of thiazole rings is 1. The van der Waals surface area contributed by atoms with Crippen molar-refractivity contribution < 1.29 is 36.7 Å². The molecule has 3 saturated heterocycles. The number of aromatic nitrogens is 7. The minimum Gasteiger partial charge on any atom is -0.491 e. The van der Waals surface area contributed by atoms with Crippen molar-refractivity contribution in [3.8, 4) is 5.75 Å². The quantitative estimate of drug-likeness (QED) is 0.0833. The largest absolute Gasteiger partial charge is 0.491 e. The summed E-state index contributed by atoms with van der Waals surface area (Å²) in [4.78, 5) is 85.5. The third-order valence-electron chi connectivity index (χ3n) is 14.9. The Balaban J connectivity index is 0.787. The van der Waals surface area contributed by atoms with Crippen molar-refractivity contribution in [1.29, 1.82) is 0 Å². The number of fused-ring (bicyclic) bond motifs is 1. The molecule has 3 amide bonds. The number of ether oxygens (including phenoxy) is 1. The van der Waals surface area contributed by atoms with Crippen LogP contribution in [-0.2, 0) is 19.4 Å². The highest BCUT2D eigenvalue weighted by Crippen LogP contribution is 2.39. The lowest BCUT2D eigenvalue weighted by atomic mass is 9.87. The van der Waals surface area contributed by atoms with Gasteiger partial charge in [-0.05, 0) is 111 Å². The van der Waals surface area contributed by atoms with E-state index in [-0.39, 0.29) is 58.4 Å². The van der Waals surface area contributed by atoms with Crippen LogP contribution in [0.2, 0.25) is 0 Å². The second-order valence-corrected chi connectivity index (χ2v) is 24.3. The molecule has 0 saturated carbocycles. The average Bonchev–Trinajstić information content (AvgIpc) is 4.24. The molecule has 4 N–H and O–H groups in total. The molecule has 3 aliphatic rings. The maximum atomic E-state index is 14.6. The number of sulfone groups is 1. The van der Waals surface area contributed by atoms with Crippen LogP contribution in [0.5, 0.6) is 5.75 Å². The lowest BCUT2D eigenvalue weighted by molar-refractivity contribution is -0.139. The van der Waals surface area contributed by atoms with Crippen LogP contribution in [0, 0.1) is 25.6 Å². The van der Waals surface area contributed by atoms with E-state index in [0.29, 0.717) is 116 Å². The number of carbonyl (C=O) groups is 4. The standard InChI is InChI=1S/C53H65FN14O7S2/c1-31-32(2)63-64-46(31)62-47-38-25-43(77(73,74)53(4,5)6)42(26-39(38)58-30-59-47)75-24-23-65-19-21-67(22-20-65)52-56-27-36(28-57-52)50(71)66-17-14-34(15-18-66)44(61-48(70)33(3)55-7)51(72)68-16-8-9-41(68)49-60-40(29-76-49)45(69)35-10-12-37(54)13-11-35/h10-13,25-30,33-34,41,44,55H,8-9,14-24H2,1-7H3,(H,61,70)(H2,58,59,62,63,64)/t33-,41-,44-/m0/s1. The second kappa shape index (κ2) is 22.9. The van der Waals surface area contributed by atoms with Gasteiger partial charge in [0.15, 0.2) is 15.7 Å². The summed E-state index contributed by atoms with van der Waals surface area (Å²) in [6, 6.07) is 6.75. The summed E-state index contributed by atoms with van der Waals surface area (Å²) in [5.41, 5.74) is 3.21. The summed E-state index contributed by atoms with van der Waals surface area (Å²) >= 11 is 1.30. The van der Waals surface area contributed by atoms with Crippen LogP contribution in [0.3, 0.4) is 0 Å². The minimum absolute atomic E-state index is 0.0531. The number of carbonyl (C=O) groups excluding carboxylic acids is 4. The Bertz CT molecular complexity index is 3240. The first-order valence-corrected chi connectivity index (χ1v) is 28.2. The molecule has 0 spiro atoms. The van der Waals surface area contributed by atoms with Crippen LogP contribution in [0.4, 0.5) is 22.0 Å². The number of likely N-dealkylation sites (tertiary alicyclic amines) is 2. The van der Waals surface area contributed by atoms with Crippen LogP contribution in [0.25, 0.3) is 10.9 Å². The number of hydrogen-bond donors (Lipinski definition) is 4. The zero-order chi connectivity index (χ0) is 54.8. The van der Waals surface area contributed by atoms with Gasteiger partial charge in [-0.15, -0.1) is 11.3 Å². The summed E-state index contributed by atoms with van der Waals surface area (Å²) in [6.45, 7) is 15.0. The Morgan fingerprint density at radius 1 is 0.909 bits per heavy atom. The van der Waals surface area contributed by atoms with E-state index in [1.807, 2.05) is 13.8 Å². The van der Waals surface area contributed by atoms with E-state index < -0.39 is 32.5 Å². The summed E-state index contributed by atoms with van der Waals surface area (Å²) < 4.78 is 46.7. The van der Waals surface area contributed by atoms with Crippen molar-refractivity contribution >= 4 is 73.2 Å². The number of likely N-dealkylation sites (N-methyl/N-ethyl adjacent to an activating group) is 1. The van der Waals surface area contributed by atoms with Gasteiger partial charge in [-0.3, -0.25) is 29.2 Å². The van der Waals surface area contributed by atoms with Crippen molar-refractivity contribution in [2.75, 3.05) is 76.2 Å². The van der Waals surface area contributed by atoms with E-state index >= 15 is 0 Å². The van der Waals surface area contributed by atoms with Crippen molar-refractivity contribution in [3.63, 3.8) is 0 Å². The Morgan fingerprint density at radius 2 is 1.62 bits per heavy atom. The summed E-state index contributed by atoms with van der Waals surface area (Å²) in [7, 11) is -2.19. The van der Waals surface area contributed by atoms with E-state index in [1.165, 1.54) is 41.9 Å². The maximum Gasteiger partial charge on any atom is 0.256 e. The van der Waals surface area contributed by atoms with Gasteiger partial charge in [-0.25, -0.2) is 37.7 Å². The van der Waals surface area contributed by atoms with Crippen molar-refractivity contribution in [2.24, 2.45) is 5.92 Å². The molecule has 4 aromatic heterocycles. The Morgan fingerprint density at radius 3 is 2.29 bits per heavy atom. The highest BCUT2D eigenvalue weighted by molar-refractivity contribution is 7.92. The van der Waals surface area contributed by atoms with Crippen LogP contribution < -0.4 is 25.6 Å². The van der Waals surface area contributed by atoms with Crippen molar-refractivity contribution in [2.45, 2.75) is 95.0 Å². The number of rotatable bonds is 17. The second-order valence-electron chi connectivity index (χ2n) is 20.8. The highest BCUT2D eigenvalue weighted by atomic mass is 32.2. The Hall–Kier alpha value is -7.02. The lowest BCUT2D eigenvalue weighted by Crippen LogP contribution is -2.57. The van der Waals surface area contributed by atoms with E-state index in [4.69, 9.17) is 4.74 Å². The maximum absolute atomic E-state index is 14.6. The molecule has 3 atom stereocenters. The number of H-pyrrole nitrogens is 1. The number of amides is 3. The molecule has 3 aliphatic heterocycles. The molecule has 0 bridgehead atoms. The Kier molecular flexibility index (Phi) is 16.3. The van der Waals surface area contributed by atoms with E-state index in [9.17, 15) is 32.0 Å². The smallest absolute Gasteiger partial charge is 0.256 e. The van der Waals surface area contributed by atoms with Gasteiger partial charge in [-0.2, -0.15) is 5.10 Å². The zero-order valence-corrected chi connectivity index (χ0v) is 45.9. The monoisotopic (exact) mass is 1090 g/mol. The first-order chi connectivity index (χ1) is 36.8. The van der Waals surface area contributed by atoms with Gasteiger partial charge in [0.2, 0.25) is 23.5 Å². The van der Waals surface area contributed by atoms with Crippen molar-refractivity contribution in [3.05, 3.63) is 99.4 Å². The average molecular weight is 1090 g/mol. The number of ketones is 1. The predicted molar refractivity (Wildman–Crippen MR) is 289 cm³/mol. The molecule has 77 heavy (non-hydrogen) atoms. The van der Waals surface area contributed by atoms with Gasteiger partial charge in [0.05, 0.1) is 27.9 Å². The first kappa shape index (κ1) is 54.8. The van der Waals surface area contributed by atoms with Gasteiger partial charge in [0.1, 0.15) is 52.0 Å². The number of aryl methyl sites for hydroxylation is 1. The minimum atomic E-state index is -3.86. The van der Waals surface area contributed by atoms with Crippen LogP contribution in [-0.4, -0.2) is 165 Å². The van der Waals surface area contributed by atoms with Crippen LogP contribution in [0.15, 0.2) is 65.4 Å². The number of piperazine rings is 1. The van der Waals surface area contributed by atoms with Crippen LogP contribution in [0.1, 0.15) is 102 Å². The summed E-state index contributed by atoms with van der Waals surface area (Å²) in [5, 5.41) is 19.3. The highest BCUT2D eigenvalue weighted by Gasteiger charge is 2.42. The molecule has 2 aromatic carbocycles. The van der Waals surface area contributed by atoms with Crippen molar-refractivity contribution in [1.82, 2.24) is 60.5 Å². The molecular weight excluding hydrogens is 1030 g/mol. The molecule has 9 rings (SSSR count). The predicted octanol–water partition coefficient (Wildman–Crippen LogP) is 5.41. The number of hydrogen-bond acceptors (Lipinski definition) is 18. The van der Waals surface area contributed by atoms with Gasteiger partial charge >= 0.3 is 0 Å². The summed E-state index contributed by atoms with van der Waals surface area (Å²) in [5.74, 6) is -0.0842. The molecule has 0 radical (unpaired) electrons. The topological polar surface area (TPSA) is 254 Å². The number of piperidine rings is 1. The molecule has 21 nitrogen and oxygen atoms in total.